The summed E-state index contributed by atoms with van der Waals surface area (Å²) in [5, 5.41) is 44.8. The average Bonchev–Trinajstić information content (AvgIpc) is 0.985. The third-order valence-corrected chi connectivity index (χ3v) is 19.7. The van der Waals surface area contributed by atoms with Gasteiger partial charge in [0.1, 0.15) is 11.5 Å². The summed E-state index contributed by atoms with van der Waals surface area (Å²) in [4.78, 5) is 19.9. The Bertz CT molecular complexity index is 4040. The van der Waals surface area contributed by atoms with Crippen molar-refractivity contribution in [1.29, 1.82) is 0 Å². The fourth-order valence-corrected chi connectivity index (χ4v) is 13.7. The van der Waals surface area contributed by atoms with Gasteiger partial charge in [0.2, 0.25) is 5.91 Å². The number of anilines is 2. The van der Waals surface area contributed by atoms with Gasteiger partial charge in [-0.15, -0.1) is 0 Å². The molecule has 11 nitrogen and oxygen atoms in total. The molecule has 12 rings (SSSR count). The number of aromatic hydroxyl groups is 1. The lowest BCUT2D eigenvalue weighted by Gasteiger charge is -2.38. The number of ether oxygens (including phenoxy) is 1. The lowest BCUT2D eigenvalue weighted by Crippen LogP contribution is -2.48. The molecule has 12 heteroatoms. The van der Waals surface area contributed by atoms with Crippen LogP contribution in [0, 0.1) is 6.92 Å². The molecule has 0 spiro atoms. The van der Waals surface area contributed by atoms with E-state index in [1.807, 2.05) is 60.7 Å². The number of piperazine rings is 1. The van der Waals surface area contributed by atoms with Gasteiger partial charge < -0.3 is 45.6 Å². The van der Waals surface area contributed by atoms with Gasteiger partial charge in [0.25, 0.3) is 0 Å². The van der Waals surface area contributed by atoms with Gasteiger partial charge in [-0.3, -0.25) is 9.69 Å². The van der Waals surface area contributed by atoms with Crippen LogP contribution in [0.4, 0.5) is 11.4 Å². The van der Waals surface area contributed by atoms with E-state index in [0.717, 1.165) is 145 Å². The molecule has 3 aliphatic rings. The van der Waals surface area contributed by atoms with Crippen molar-refractivity contribution >= 4 is 66.7 Å². The van der Waals surface area contributed by atoms with E-state index in [2.05, 4.69) is 233 Å². The molecular formula is C88H100BrN5O6. The van der Waals surface area contributed by atoms with Gasteiger partial charge in [-0.1, -0.05) is 197 Å². The van der Waals surface area contributed by atoms with E-state index in [-0.39, 0.29) is 37.5 Å². The van der Waals surface area contributed by atoms with Crippen LogP contribution in [-0.2, 0) is 4.79 Å². The van der Waals surface area contributed by atoms with Crippen molar-refractivity contribution in [2.24, 2.45) is 0 Å². The van der Waals surface area contributed by atoms with Gasteiger partial charge in [-0.2, -0.15) is 0 Å². The maximum Gasteiger partial charge on any atom is 0.241 e. The molecule has 3 atom stereocenters. The van der Waals surface area contributed by atoms with Crippen LogP contribution in [0.2, 0.25) is 0 Å². The number of hydrogen-bond acceptors (Lipinski definition) is 10. The lowest BCUT2D eigenvalue weighted by molar-refractivity contribution is -0.117. The zero-order valence-corrected chi connectivity index (χ0v) is 60.3. The Balaban J connectivity index is 0.000000162. The van der Waals surface area contributed by atoms with Gasteiger partial charge in [0.05, 0.1) is 12.6 Å². The molecule has 3 unspecified atom stereocenters. The molecule has 0 bridgehead atoms. The number of rotatable bonds is 27. The highest BCUT2D eigenvalue weighted by Gasteiger charge is 2.29. The number of halogens is 1. The summed E-state index contributed by atoms with van der Waals surface area (Å²) in [6.45, 7) is 14.4. The summed E-state index contributed by atoms with van der Waals surface area (Å²) < 4.78 is 7.07. The van der Waals surface area contributed by atoms with Crippen molar-refractivity contribution in [3.8, 4) is 11.5 Å². The van der Waals surface area contributed by atoms with Crippen LogP contribution < -0.4 is 20.3 Å². The zero-order chi connectivity index (χ0) is 70.0. The van der Waals surface area contributed by atoms with Crippen LogP contribution in [0.25, 0.3) is 33.4 Å². The Morgan fingerprint density at radius 1 is 0.530 bits per heavy atom. The molecule has 3 saturated heterocycles. The Morgan fingerprint density at radius 2 is 0.940 bits per heavy atom. The van der Waals surface area contributed by atoms with Crippen LogP contribution in [0.15, 0.2) is 241 Å². The molecule has 0 radical (unpaired) electrons. The van der Waals surface area contributed by atoms with E-state index in [4.69, 9.17) is 4.74 Å². The highest BCUT2D eigenvalue weighted by atomic mass is 79.9. The Morgan fingerprint density at radius 3 is 1.35 bits per heavy atom. The molecule has 9 aromatic carbocycles. The van der Waals surface area contributed by atoms with E-state index >= 15 is 0 Å². The first kappa shape index (κ1) is 74.0. The summed E-state index contributed by atoms with van der Waals surface area (Å²) in [5.74, 6) is 1.13. The van der Waals surface area contributed by atoms with Crippen LogP contribution in [-0.4, -0.2) is 127 Å². The largest absolute Gasteiger partial charge is 0.508 e. The predicted octanol–water partition coefficient (Wildman–Crippen LogP) is 17.7. The molecule has 0 aromatic heterocycles. The van der Waals surface area contributed by atoms with Crippen LogP contribution >= 0.6 is 15.9 Å². The number of nitrogens with one attached hydrogen (secondary N) is 2. The van der Waals surface area contributed by atoms with Crippen LogP contribution in [0.5, 0.6) is 11.5 Å². The van der Waals surface area contributed by atoms with Crippen molar-refractivity contribution in [3.63, 3.8) is 0 Å². The van der Waals surface area contributed by atoms with E-state index in [1.165, 1.54) is 68.8 Å². The number of hydrogen-bond donors (Lipinski definition) is 6. The molecule has 3 aliphatic heterocycles. The number of phenolic OH excluding ortho intramolecular Hbond substituents is 1. The van der Waals surface area contributed by atoms with E-state index in [1.54, 1.807) is 12.1 Å². The molecule has 1 amide bonds. The van der Waals surface area contributed by atoms with E-state index < -0.39 is 0 Å². The second kappa shape index (κ2) is 38.2. The number of nitrogens with zero attached hydrogens (tertiary/aromatic N) is 3. The van der Waals surface area contributed by atoms with E-state index in [9.17, 15) is 25.2 Å². The maximum atomic E-state index is 12.5. The second-order valence-electron chi connectivity index (χ2n) is 26.5. The molecule has 3 heterocycles. The van der Waals surface area contributed by atoms with Gasteiger partial charge in [0, 0.05) is 80.5 Å². The first-order valence-electron chi connectivity index (χ1n) is 35.9. The van der Waals surface area contributed by atoms with Gasteiger partial charge in [0.15, 0.2) is 0 Å². The van der Waals surface area contributed by atoms with Crippen molar-refractivity contribution in [2.45, 2.75) is 103 Å². The number of phenols is 1. The van der Waals surface area contributed by atoms with Crippen LogP contribution in [0.1, 0.15) is 134 Å². The van der Waals surface area contributed by atoms with Crippen LogP contribution in [0.3, 0.4) is 0 Å². The third kappa shape index (κ3) is 21.2. The highest BCUT2D eigenvalue weighted by Crippen LogP contribution is 2.40. The number of allylic oxidation sites excluding steroid dienone is 3. The quantitative estimate of drug-likeness (QED) is 0.0167. The Labute approximate surface area is 602 Å². The summed E-state index contributed by atoms with van der Waals surface area (Å²) in [6.07, 6.45) is 8.64. The molecule has 0 saturated carbocycles. The minimum Gasteiger partial charge on any atom is -0.508 e. The maximum absolute atomic E-state index is 12.5. The smallest absolute Gasteiger partial charge is 0.241 e. The molecule has 6 N–H and O–H groups in total. The van der Waals surface area contributed by atoms with Crippen molar-refractivity contribution in [2.75, 3.05) is 83.0 Å². The first-order chi connectivity index (χ1) is 48.9. The Kier molecular flexibility index (Phi) is 28.3. The fourth-order valence-electron chi connectivity index (χ4n) is 13.5. The van der Waals surface area contributed by atoms with Crippen molar-refractivity contribution < 1.29 is 30.0 Å². The fraction of sp³-hybridized carbons (Fsp3) is 0.307. The van der Waals surface area contributed by atoms with Crippen molar-refractivity contribution in [1.82, 2.24) is 15.1 Å². The molecule has 9 aromatic rings. The summed E-state index contributed by atoms with van der Waals surface area (Å²) in [6, 6.07) is 82.5. The number of likely N-dealkylation sites (N-methyl/N-ethyl adjacent to an activating group) is 1. The number of aliphatic hydroxyl groups is 3. The van der Waals surface area contributed by atoms with Gasteiger partial charge in [-0.05, 0) is 243 Å². The topological polar surface area (TPSA) is 141 Å². The first-order valence-corrected chi connectivity index (χ1v) is 36.7. The third-order valence-electron chi connectivity index (χ3n) is 19.1. The normalized spacial score (nSPS) is 16.6. The lowest BCUT2D eigenvalue weighted by atomic mass is 9.87. The van der Waals surface area contributed by atoms with E-state index in [0.29, 0.717) is 18.9 Å². The van der Waals surface area contributed by atoms with Gasteiger partial charge in [-0.25, -0.2) is 0 Å². The summed E-state index contributed by atoms with van der Waals surface area (Å²) in [7, 11) is 2.17. The number of benzene rings is 9. The predicted molar refractivity (Wildman–Crippen MR) is 419 cm³/mol. The Hall–Kier alpha value is -8.69. The minimum atomic E-state index is -0.125. The molecular weight excluding hydrogens is 1300 g/mol. The average molecular weight is 1400 g/mol. The number of aryl methyl sites for hydroxylation is 1. The molecule has 0 aliphatic carbocycles. The zero-order valence-electron chi connectivity index (χ0n) is 58.7. The number of aliphatic hydroxyl groups excluding tert-OH is 3. The molecule has 520 valence electrons. The second-order valence-corrected chi connectivity index (χ2v) is 27.5. The number of amides is 1. The summed E-state index contributed by atoms with van der Waals surface area (Å²) in [5.41, 5.74) is 20.8. The SMILES string of the molecule is CN1CC1CCCOc1ccc(/C(=C(/CCCO)c2ccccc2)c2ccc(Br)cc2)cc1.Cc1ccc(/C(=C(\CCCO)c2ccccc2)c2ccc(N3CCN(C(C)C)CC3)cc2)cc1.O=C(Nc1ccc(/C(=C(/CCCO)c2ccccc2)c2ccc(O)cc2)cc1)C1CCCN1. The molecule has 3 fully saturated rings. The monoisotopic (exact) mass is 1400 g/mol. The number of carbonyl (C=O) groups excluding carboxylic acids is 1. The molecule has 100 heavy (non-hydrogen) atoms. The minimum absolute atomic E-state index is 0.00229. The highest BCUT2D eigenvalue weighted by molar-refractivity contribution is 9.10. The van der Waals surface area contributed by atoms with Crippen molar-refractivity contribution in [3.05, 3.63) is 297 Å². The number of carbonyl (C=O) groups is 1. The van der Waals surface area contributed by atoms with Gasteiger partial charge >= 0.3 is 0 Å². The standard InChI is InChI=1S/C31H38N2O.C29H32BrNO2.C28H30N2O3/c1-24(2)32-19-21-33(22-20-32)29-17-15-28(16-18-29)31(27-13-11-25(3)12-14-27)30(10-7-23-34)26-8-5-4-6-9-26;1-31-21-26(31)9-6-20-33-27-17-13-24(14-18-27)29(23-11-15-25(30)16-12-23)28(10-5-19-32)22-7-3-2-4-8-22;31-19-5-8-25(20-6-2-1-3-7-20)27(22-12-16-24(32)17-13-22)21-10-14-23(15-11-21)30-28(33)26-9-4-18-29-26/h4-6,8-9,11-18,24,34H,7,10,19-23H2,1-3H3;2-4,7-8,11-18,26,32H,5-6,9-10,19-21H2,1H3;1-3,6-7,10-17,26,29,31-32H,4-5,8-9,18-19H2,(H,30,33)/b31-30-;29-28-;27-25+. The summed E-state index contributed by atoms with van der Waals surface area (Å²) >= 11 is 3.56.